The summed E-state index contributed by atoms with van der Waals surface area (Å²) in [5, 5.41) is 12.0. The van der Waals surface area contributed by atoms with E-state index in [-0.39, 0.29) is 12.7 Å². The van der Waals surface area contributed by atoms with Gasteiger partial charge in [-0.05, 0) is 30.5 Å². The number of morpholine rings is 1. The minimum atomic E-state index is 0.0366. The van der Waals surface area contributed by atoms with Gasteiger partial charge in [0.25, 0.3) is 0 Å². The predicted molar refractivity (Wildman–Crippen MR) is 99.4 cm³/mol. The summed E-state index contributed by atoms with van der Waals surface area (Å²) in [5.74, 6) is 1.23. The van der Waals surface area contributed by atoms with Gasteiger partial charge in [0.1, 0.15) is 18.5 Å². The zero-order valence-corrected chi connectivity index (χ0v) is 15.7. The lowest BCUT2D eigenvalue weighted by molar-refractivity contribution is -0.0331. The monoisotopic (exact) mass is 362 g/mol. The van der Waals surface area contributed by atoms with E-state index in [4.69, 9.17) is 14.6 Å². The van der Waals surface area contributed by atoms with Crippen LogP contribution in [0.15, 0.2) is 29.6 Å². The van der Waals surface area contributed by atoms with Crippen LogP contribution in [0.3, 0.4) is 0 Å². The first-order valence-electron chi connectivity index (χ1n) is 8.75. The quantitative estimate of drug-likeness (QED) is 0.821. The summed E-state index contributed by atoms with van der Waals surface area (Å²) in [6, 6.07) is 8.17. The van der Waals surface area contributed by atoms with E-state index in [2.05, 4.69) is 34.3 Å². The first kappa shape index (κ1) is 18.3. The molecule has 0 bridgehead atoms. The number of aromatic nitrogens is 1. The lowest BCUT2D eigenvalue weighted by atomic mass is 10.00. The van der Waals surface area contributed by atoms with Crippen molar-refractivity contribution in [3.05, 3.63) is 45.9 Å². The van der Waals surface area contributed by atoms with Gasteiger partial charge >= 0.3 is 0 Å². The lowest BCUT2D eigenvalue weighted by Crippen LogP contribution is -2.40. The third-order valence-electron chi connectivity index (χ3n) is 4.46. The molecule has 6 heteroatoms. The fraction of sp³-hybridized carbons (Fsp3) is 0.526. The minimum absolute atomic E-state index is 0.0366. The largest absolute Gasteiger partial charge is 0.491 e. The molecular weight excluding hydrogens is 336 g/mol. The third-order valence-corrected chi connectivity index (χ3v) is 5.25. The van der Waals surface area contributed by atoms with Crippen LogP contribution < -0.4 is 4.74 Å². The molecule has 0 spiro atoms. The number of rotatable bonds is 7. The Morgan fingerprint density at radius 2 is 2.20 bits per heavy atom. The van der Waals surface area contributed by atoms with Crippen LogP contribution in [0.5, 0.6) is 5.75 Å². The van der Waals surface area contributed by atoms with Crippen molar-refractivity contribution < 1.29 is 14.6 Å². The van der Waals surface area contributed by atoms with E-state index in [1.165, 1.54) is 5.56 Å². The number of benzene rings is 1. The van der Waals surface area contributed by atoms with Gasteiger partial charge in [-0.15, -0.1) is 11.3 Å². The van der Waals surface area contributed by atoms with E-state index in [0.29, 0.717) is 12.5 Å². The standard InChI is InChI=1S/C19H26N2O3S/c1-14(16-3-5-17(6-4-16)23-10-8-22)11-21-7-9-24-19(12-21)18-13-25-15(2)20-18/h3-6,13-14,19,22H,7-12H2,1-2H3. The normalized spacial score (nSPS) is 19.7. The Kier molecular flexibility index (Phi) is 6.42. The number of aryl methyl sites for hydroxylation is 1. The number of hydrogen-bond donors (Lipinski definition) is 1. The van der Waals surface area contributed by atoms with Crippen molar-refractivity contribution >= 4 is 11.3 Å². The summed E-state index contributed by atoms with van der Waals surface area (Å²) >= 11 is 1.68. The van der Waals surface area contributed by atoms with Crippen molar-refractivity contribution in [1.82, 2.24) is 9.88 Å². The molecule has 0 aliphatic carbocycles. The SMILES string of the molecule is Cc1nc(C2CN(CC(C)c3ccc(OCCO)cc3)CCO2)cs1. The number of ether oxygens (including phenoxy) is 2. The maximum Gasteiger partial charge on any atom is 0.119 e. The molecule has 2 aromatic rings. The molecule has 0 saturated carbocycles. The average Bonchev–Trinajstić information content (AvgIpc) is 3.07. The Hall–Kier alpha value is -1.47. The van der Waals surface area contributed by atoms with Crippen molar-refractivity contribution in [2.24, 2.45) is 0 Å². The Morgan fingerprint density at radius 3 is 2.88 bits per heavy atom. The molecule has 1 aromatic carbocycles. The molecular formula is C19H26N2O3S. The van der Waals surface area contributed by atoms with Crippen LogP contribution in [0, 0.1) is 6.92 Å². The van der Waals surface area contributed by atoms with E-state index in [1.807, 2.05) is 19.1 Å². The van der Waals surface area contributed by atoms with E-state index >= 15 is 0 Å². The van der Waals surface area contributed by atoms with Crippen LogP contribution in [0.2, 0.25) is 0 Å². The van der Waals surface area contributed by atoms with Crippen molar-refractivity contribution in [3.63, 3.8) is 0 Å². The smallest absolute Gasteiger partial charge is 0.119 e. The molecule has 0 radical (unpaired) electrons. The zero-order chi connectivity index (χ0) is 17.6. The van der Waals surface area contributed by atoms with Gasteiger partial charge in [0.05, 0.1) is 23.9 Å². The molecule has 3 rings (SSSR count). The summed E-state index contributed by atoms with van der Waals surface area (Å²) in [4.78, 5) is 7.04. The topological polar surface area (TPSA) is 54.8 Å². The number of aliphatic hydroxyl groups is 1. The fourth-order valence-corrected chi connectivity index (χ4v) is 3.78. The molecule has 2 heterocycles. The Morgan fingerprint density at radius 1 is 1.40 bits per heavy atom. The molecule has 1 aromatic heterocycles. The Balaban J connectivity index is 1.55. The minimum Gasteiger partial charge on any atom is -0.491 e. The van der Waals surface area contributed by atoms with Crippen LogP contribution in [0.4, 0.5) is 0 Å². The molecule has 136 valence electrons. The molecule has 2 unspecified atom stereocenters. The summed E-state index contributed by atoms with van der Waals surface area (Å²) in [7, 11) is 0. The second-order valence-corrected chi connectivity index (χ2v) is 7.51. The van der Waals surface area contributed by atoms with Gasteiger partial charge in [0, 0.05) is 25.0 Å². The van der Waals surface area contributed by atoms with E-state index in [1.54, 1.807) is 11.3 Å². The van der Waals surface area contributed by atoms with Crippen molar-refractivity contribution in [3.8, 4) is 5.75 Å². The van der Waals surface area contributed by atoms with Crippen molar-refractivity contribution in [2.45, 2.75) is 25.9 Å². The number of aliphatic hydroxyl groups excluding tert-OH is 1. The molecule has 0 amide bonds. The highest BCUT2D eigenvalue weighted by atomic mass is 32.1. The van der Waals surface area contributed by atoms with Gasteiger partial charge < -0.3 is 14.6 Å². The maximum absolute atomic E-state index is 8.81. The lowest BCUT2D eigenvalue weighted by Gasteiger charge is -2.34. The molecule has 1 N–H and O–H groups in total. The molecule has 1 aliphatic rings. The molecule has 1 fully saturated rings. The maximum atomic E-state index is 8.81. The Labute approximate surface area is 153 Å². The molecule has 1 saturated heterocycles. The highest BCUT2D eigenvalue weighted by Gasteiger charge is 2.25. The number of nitrogens with zero attached hydrogens (tertiary/aromatic N) is 2. The molecule has 2 atom stereocenters. The number of hydrogen-bond acceptors (Lipinski definition) is 6. The predicted octanol–water partition coefficient (Wildman–Crippen LogP) is 3.00. The second kappa shape index (κ2) is 8.76. The first-order chi connectivity index (χ1) is 12.2. The third kappa shape index (κ3) is 5.01. The van der Waals surface area contributed by atoms with Gasteiger partial charge in [0.15, 0.2) is 0 Å². The summed E-state index contributed by atoms with van der Waals surface area (Å²) in [5.41, 5.74) is 2.36. The van der Waals surface area contributed by atoms with E-state index < -0.39 is 0 Å². The van der Waals surface area contributed by atoms with Crippen LogP contribution in [0.1, 0.15) is 35.2 Å². The van der Waals surface area contributed by atoms with Crippen molar-refractivity contribution in [1.29, 1.82) is 0 Å². The second-order valence-electron chi connectivity index (χ2n) is 6.45. The highest BCUT2D eigenvalue weighted by molar-refractivity contribution is 7.09. The van der Waals surface area contributed by atoms with Gasteiger partial charge in [-0.2, -0.15) is 0 Å². The molecule has 25 heavy (non-hydrogen) atoms. The molecule has 5 nitrogen and oxygen atoms in total. The van der Waals surface area contributed by atoms with Gasteiger partial charge in [-0.25, -0.2) is 4.98 Å². The highest BCUT2D eigenvalue weighted by Crippen LogP contribution is 2.26. The van der Waals surface area contributed by atoms with Crippen molar-refractivity contribution in [2.75, 3.05) is 39.5 Å². The summed E-state index contributed by atoms with van der Waals surface area (Å²) in [6.45, 7) is 8.26. The molecule has 1 aliphatic heterocycles. The average molecular weight is 362 g/mol. The number of thiazole rings is 1. The first-order valence-corrected chi connectivity index (χ1v) is 9.63. The van der Waals surface area contributed by atoms with Gasteiger partial charge in [-0.3, -0.25) is 4.90 Å². The Bertz CT molecular complexity index is 659. The van der Waals surface area contributed by atoms with Crippen LogP contribution in [0.25, 0.3) is 0 Å². The fourth-order valence-electron chi connectivity index (χ4n) is 3.12. The van der Waals surface area contributed by atoms with E-state index in [9.17, 15) is 0 Å². The zero-order valence-electron chi connectivity index (χ0n) is 14.9. The van der Waals surface area contributed by atoms with E-state index in [0.717, 1.165) is 42.7 Å². The van der Waals surface area contributed by atoms with Gasteiger partial charge in [0.2, 0.25) is 0 Å². The van der Waals surface area contributed by atoms with Crippen LogP contribution in [-0.4, -0.2) is 54.4 Å². The summed E-state index contributed by atoms with van der Waals surface area (Å²) < 4.78 is 11.3. The summed E-state index contributed by atoms with van der Waals surface area (Å²) in [6.07, 6.45) is 0.0835. The van der Waals surface area contributed by atoms with Crippen LogP contribution >= 0.6 is 11.3 Å². The van der Waals surface area contributed by atoms with Crippen LogP contribution in [-0.2, 0) is 4.74 Å². The van der Waals surface area contributed by atoms with Gasteiger partial charge in [-0.1, -0.05) is 19.1 Å².